The van der Waals surface area contributed by atoms with Gasteiger partial charge in [-0.1, -0.05) is 18.2 Å². The van der Waals surface area contributed by atoms with Gasteiger partial charge in [0, 0.05) is 44.2 Å². The van der Waals surface area contributed by atoms with Crippen LogP contribution in [0.5, 0.6) is 0 Å². The van der Waals surface area contributed by atoms with E-state index in [-0.39, 0.29) is 29.4 Å². The third-order valence-corrected chi connectivity index (χ3v) is 7.13. The summed E-state index contributed by atoms with van der Waals surface area (Å²) in [7, 11) is -1.83. The van der Waals surface area contributed by atoms with Crippen molar-refractivity contribution in [3.63, 3.8) is 0 Å². The fourth-order valence-corrected chi connectivity index (χ4v) is 5.62. The molecule has 1 spiro atoms. The Balaban J connectivity index is 0.00000300. The van der Waals surface area contributed by atoms with Crippen LogP contribution >= 0.6 is 24.0 Å². The van der Waals surface area contributed by atoms with E-state index < -0.39 is 15.6 Å². The molecular weight excluding hydrogens is 503 g/mol. The summed E-state index contributed by atoms with van der Waals surface area (Å²) in [6.45, 7) is 9.43. The van der Waals surface area contributed by atoms with Crippen LogP contribution in [0.1, 0.15) is 39.2 Å². The fraction of sp³-hybridized carbons (Fsp3) is 0.650. The SMILES string of the molecule is CN=C(NCc1ccccc1S(=O)(=O)NC(C)(C)C)N1CCC2(CCOC2)C1.I. The van der Waals surface area contributed by atoms with Crippen LogP contribution in [0.15, 0.2) is 34.2 Å². The second kappa shape index (κ2) is 9.49. The normalized spacial score (nSPS) is 22.8. The van der Waals surface area contributed by atoms with Crippen molar-refractivity contribution in [2.75, 3.05) is 33.4 Å². The highest BCUT2D eigenvalue weighted by Crippen LogP contribution is 2.38. The number of aliphatic imine (C=N–C) groups is 1. The molecule has 0 amide bonds. The molecule has 1 atom stereocenters. The van der Waals surface area contributed by atoms with Crippen LogP contribution in [0.2, 0.25) is 0 Å². The zero-order valence-electron chi connectivity index (χ0n) is 17.7. The second-order valence-corrected chi connectivity index (χ2v) is 10.5. The molecule has 9 heteroatoms. The molecule has 164 valence electrons. The van der Waals surface area contributed by atoms with Crippen LogP contribution in [0.4, 0.5) is 0 Å². The van der Waals surface area contributed by atoms with E-state index in [1.807, 2.05) is 32.9 Å². The standard InChI is InChI=1S/C20H32N4O3S.HI/c1-19(2,3)23-28(25,26)17-8-6-5-7-16(17)13-22-18(21-4)24-11-9-20(14-24)10-12-27-15-20;/h5-8,23H,9-15H2,1-4H3,(H,21,22);1H. The van der Waals surface area contributed by atoms with Crippen LogP contribution in [-0.2, 0) is 21.3 Å². The van der Waals surface area contributed by atoms with Crippen LogP contribution in [-0.4, -0.2) is 58.2 Å². The lowest BCUT2D eigenvalue weighted by Crippen LogP contribution is -2.42. The molecule has 2 saturated heterocycles. The number of hydrogen-bond acceptors (Lipinski definition) is 4. The maximum atomic E-state index is 12.8. The number of benzene rings is 1. The smallest absolute Gasteiger partial charge is 0.241 e. The molecule has 0 bridgehead atoms. The van der Waals surface area contributed by atoms with Crippen molar-refractivity contribution in [3.05, 3.63) is 29.8 Å². The topological polar surface area (TPSA) is 83.0 Å². The van der Waals surface area contributed by atoms with Gasteiger partial charge in [0.05, 0.1) is 11.5 Å². The Kier molecular flexibility index (Phi) is 7.97. The first-order chi connectivity index (χ1) is 13.1. The lowest BCUT2D eigenvalue weighted by molar-refractivity contribution is 0.156. The van der Waals surface area contributed by atoms with E-state index >= 15 is 0 Å². The number of likely N-dealkylation sites (tertiary alicyclic amines) is 1. The molecule has 0 saturated carbocycles. The van der Waals surface area contributed by atoms with E-state index in [0.29, 0.717) is 11.4 Å². The average molecular weight is 536 g/mol. The second-order valence-electron chi connectivity index (χ2n) is 8.84. The molecule has 3 rings (SSSR count). The molecule has 1 aromatic carbocycles. The van der Waals surface area contributed by atoms with Crippen molar-refractivity contribution in [1.29, 1.82) is 0 Å². The van der Waals surface area contributed by atoms with E-state index in [9.17, 15) is 8.42 Å². The minimum Gasteiger partial charge on any atom is -0.381 e. The highest BCUT2D eigenvalue weighted by molar-refractivity contribution is 14.0. The van der Waals surface area contributed by atoms with Gasteiger partial charge in [0.25, 0.3) is 0 Å². The van der Waals surface area contributed by atoms with Gasteiger partial charge in [-0.15, -0.1) is 24.0 Å². The van der Waals surface area contributed by atoms with Gasteiger partial charge in [0.1, 0.15) is 0 Å². The molecule has 1 unspecified atom stereocenters. The number of nitrogens with zero attached hydrogens (tertiary/aromatic N) is 2. The van der Waals surface area contributed by atoms with Gasteiger partial charge in [-0.3, -0.25) is 4.99 Å². The van der Waals surface area contributed by atoms with Gasteiger partial charge >= 0.3 is 0 Å². The lowest BCUT2D eigenvalue weighted by atomic mass is 9.87. The summed E-state index contributed by atoms with van der Waals surface area (Å²) in [6, 6.07) is 7.10. The van der Waals surface area contributed by atoms with Crippen LogP contribution in [0.3, 0.4) is 0 Å². The van der Waals surface area contributed by atoms with Gasteiger partial charge in [0.2, 0.25) is 10.0 Å². The van der Waals surface area contributed by atoms with E-state index in [4.69, 9.17) is 4.74 Å². The number of rotatable bonds is 4. The Labute approximate surface area is 191 Å². The highest BCUT2D eigenvalue weighted by Gasteiger charge is 2.42. The van der Waals surface area contributed by atoms with Crippen LogP contribution < -0.4 is 10.0 Å². The molecule has 2 heterocycles. The number of guanidine groups is 1. The maximum Gasteiger partial charge on any atom is 0.241 e. The first kappa shape index (κ1) is 24.4. The lowest BCUT2D eigenvalue weighted by Gasteiger charge is -2.25. The Hall–Kier alpha value is -0.910. The van der Waals surface area contributed by atoms with E-state index in [1.165, 1.54) is 0 Å². The minimum absolute atomic E-state index is 0. The van der Waals surface area contributed by atoms with Crippen molar-refractivity contribution >= 4 is 40.0 Å². The molecule has 2 N–H and O–H groups in total. The number of halogens is 1. The Morgan fingerprint density at radius 3 is 2.62 bits per heavy atom. The molecule has 0 radical (unpaired) electrons. The summed E-state index contributed by atoms with van der Waals surface area (Å²) in [4.78, 5) is 6.97. The molecule has 2 aliphatic heterocycles. The first-order valence-corrected chi connectivity index (χ1v) is 11.3. The predicted octanol–water partition coefficient (Wildman–Crippen LogP) is 2.57. The molecule has 7 nitrogen and oxygen atoms in total. The summed E-state index contributed by atoms with van der Waals surface area (Å²) in [6.07, 6.45) is 2.20. The molecule has 2 fully saturated rings. The molecule has 29 heavy (non-hydrogen) atoms. The van der Waals surface area contributed by atoms with Crippen molar-refractivity contribution in [3.8, 4) is 0 Å². The van der Waals surface area contributed by atoms with Gasteiger partial charge in [0.15, 0.2) is 5.96 Å². The van der Waals surface area contributed by atoms with Crippen molar-refractivity contribution in [1.82, 2.24) is 14.9 Å². The largest absolute Gasteiger partial charge is 0.381 e. The first-order valence-electron chi connectivity index (χ1n) is 9.79. The van der Waals surface area contributed by atoms with Crippen molar-refractivity contribution in [2.45, 2.75) is 50.6 Å². The molecule has 1 aromatic rings. The predicted molar refractivity (Wildman–Crippen MR) is 126 cm³/mol. The van der Waals surface area contributed by atoms with Gasteiger partial charge in [-0.25, -0.2) is 13.1 Å². The summed E-state index contributed by atoms with van der Waals surface area (Å²) >= 11 is 0. The minimum atomic E-state index is -3.60. The van der Waals surface area contributed by atoms with Gasteiger partial charge < -0.3 is 15.0 Å². The van der Waals surface area contributed by atoms with Crippen molar-refractivity contribution < 1.29 is 13.2 Å². The highest BCUT2D eigenvalue weighted by atomic mass is 127. The number of nitrogens with one attached hydrogen (secondary N) is 2. The summed E-state index contributed by atoms with van der Waals surface area (Å²) in [5.74, 6) is 0.805. The number of hydrogen-bond donors (Lipinski definition) is 2. The van der Waals surface area contributed by atoms with Gasteiger partial charge in [-0.2, -0.15) is 0 Å². The molecule has 0 aliphatic carbocycles. The third-order valence-electron chi connectivity index (χ3n) is 5.27. The Bertz CT molecular complexity index is 830. The van der Waals surface area contributed by atoms with Crippen LogP contribution in [0.25, 0.3) is 0 Å². The Morgan fingerprint density at radius 2 is 2.00 bits per heavy atom. The third kappa shape index (κ3) is 6.05. The average Bonchev–Trinajstić information content (AvgIpc) is 3.24. The fourth-order valence-electron chi connectivity index (χ4n) is 3.96. The Morgan fingerprint density at radius 1 is 1.28 bits per heavy atom. The molecule has 0 aromatic heterocycles. The monoisotopic (exact) mass is 536 g/mol. The van der Waals surface area contributed by atoms with Crippen LogP contribution in [0, 0.1) is 5.41 Å². The molecule has 2 aliphatic rings. The number of ether oxygens (including phenoxy) is 1. The van der Waals surface area contributed by atoms with E-state index in [2.05, 4.69) is 19.9 Å². The quantitative estimate of drug-likeness (QED) is 0.351. The van der Waals surface area contributed by atoms with E-state index in [1.54, 1.807) is 19.2 Å². The zero-order valence-corrected chi connectivity index (χ0v) is 20.8. The summed E-state index contributed by atoms with van der Waals surface area (Å²) in [5.41, 5.74) is 0.427. The number of sulfonamides is 1. The van der Waals surface area contributed by atoms with E-state index in [0.717, 1.165) is 50.7 Å². The van der Waals surface area contributed by atoms with Crippen molar-refractivity contribution in [2.24, 2.45) is 10.4 Å². The summed E-state index contributed by atoms with van der Waals surface area (Å²) in [5, 5.41) is 3.35. The summed E-state index contributed by atoms with van der Waals surface area (Å²) < 4.78 is 34.0. The molecular formula is C20H33IN4O3S. The zero-order chi connectivity index (χ0) is 20.4. The van der Waals surface area contributed by atoms with Gasteiger partial charge in [-0.05, 0) is 45.2 Å². The maximum absolute atomic E-state index is 12.8.